The Morgan fingerprint density at radius 1 is 1.27 bits per heavy atom. The van der Waals surface area contributed by atoms with Crippen molar-refractivity contribution in [1.82, 2.24) is 10.2 Å². The molecule has 0 aliphatic carbocycles. The Morgan fingerprint density at radius 3 is 1.93 bits per heavy atom. The Kier molecular flexibility index (Phi) is 6.15. The van der Waals surface area contributed by atoms with Gasteiger partial charge in [0.25, 0.3) is 0 Å². The molecular formula is C13H28N2. The Bertz CT molecular complexity index is 199. The van der Waals surface area contributed by atoms with Gasteiger partial charge in [0.05, 0.1) is 0 Å². The third-order valence-corrected chi connectivity index (χ3v) is 3.51. The van der Waals surface area contributed by atoms with Crippen molar-refractivity contribution in [3.8, 4) is 0 Å². The van der Waals surface area contributed by atoms with Crippen LogP contribution in [0.15, 0.2) is 11.6 Å². The van der Waals surface area contributed by atoms with Gasteiger partial charge in [0, 0.05) is 11.6 Å². The zero-order valence-electron chi connectivity index (χ0n) is 11.5. The van der Waals surface area contributed by atoms with E-state index in [9.17, 15) is 0 Å². The molecule has 1 atom stereocenters. The monoisotopic (exact) mass is 212 g/mol. The zero-order chi connectivity index (χ0) is 12.1. The molecule has 0 aromatic carbocycles. The van der Waals surface area contributed by atoms with Gasteiger partial charge >= 0.3 is 0 Å². The van der Waals surface area contributed by atoms with E-state index in [1.165, 1.54) is 5.57 Å². The molecule has 0 heterocycles. The molecule has 1 unspecified atom stereocenters. The summed E-state index contributed by atoms with van der Waals surface area (Å²) in [5.41, 5.74) is 1.61. The molecule has 0 rings (SSSR count). The lowest BCUT2D eigenvalue weighted by molar-refractivity contribution is 0.110. The third-order valence-electron chi connectivity index (χ3n) is 3.51. The summed E-state index contributed by atoms with van der Waals surface area (Å²) in [7, 11) is 6.40. The summed E-state index contributed by atoms with van der Waals surface area (Å²) in [6.45, 7) is 8.87. The molecule has 0 aromatic heterocycles. The highest BCUT2D eigenvalue weighted by Crippen LogP contribution is 2.27. The molecular weight excluding hydrogens is 184 g/mol. The minimum absolute atomic E-state index is 0.228. The number of nitrogens with one attached hydrogen (secondary N) is 1. The molecule has 0 bridgehead atoms. The second kappa shape index (κ2) is 6.29. The van der Waals surface area contributed by atoms with E-state index in [4.69, 9.17) is 0 Å². The van der Waals surface area contributed by atoms with Crippen LogP contribution in [0.4, 0.5) is 0 Å². The van der Waals surface area contributed by atoms with Gasteiger partial charge in [0.1, 0.15) is 0 Å². The van der Waals surface area contributed by atoms with Crippen LogP contribution in [0.2, 0.25) is 0 Å². The number of allylic oxidation sites excluding steroid dienone is 1. The van der Waals surface area contributed by atoms with E-state index in [1.54, 1.807) is 0 Å². The maximum atomic E-state index is 3.44. The highest BCUT2D eigenvalue weighted by atomic mass is 15.2. The van der Waals surface area contributed by atoms with Crippen molar-refractivity contribution < 1.29 is 0 Å². The molecule has 0 amide bonds. The highest BCUT2D eigenvalue weighted by Gasteiger charge is 2.35. The van der Waals surface area contributed by atoms with Crippen LogP contribution in [0.25, 0.3) is 0 Å². The predicted octanol–water partition coefficient (Wildman–Crippen LogP) is 2.66. The van der Waals surface area contributed by atoms with Crippen molar-refractivity contribution in [2.75, 3.05) is 21.1 Å². The molecule has 0 aliphatic rings. The van der Waals surface area contributed by atoms with Gasteiger partial charge in [-0.15, -0.1) is 0 Å². The van der Waals surface area contributed by atoms with Crippen LogP contribution >= 0.6 is 0 Å². The fraction of sp³-hybridized carbons (Fsp3) is 0.846. The second-order valence-corrected chi connectivity index (χ2v) is 4.72. The molecule has 0 radical (unpaired) electrons. The fourth-order valence-corrected chi connectivity index (χ4v) is 2.44. The summed E-state index contributed by atoms with van der Waals surface area (Å²) in [4.78, 5) is 2.35. The van der Waals surface area contributed by atoms with Gasteiger partial charge in [-0.2, -0.15) is 0 Å². The molecule has 0 fully saturated rings. The lowest BCUT2D eigenvalue weighted by Gasteiger charge is -2.44. The number of hydrogen-bond acceptors (Lipinski definition) is 2. The van der Waals surface area contributed by atoms with E-state index in [0.29, 0.717) is 6.04 Å². The van der Waals surface area contributed by atoms with Crippen LogP contribution in [0.1, 0.15) is 40.5 Å². The van der Waals surface area contributed by atoms with Crippen LogP contribution in [0.5, 0.6) is 0 Å². The summed E-state index contributed by atoms with van der Waals surface area (Å²) in [6.07, 6.45) is 4.66. The van der Waals surface area contributed by atoms with Gasteiger partial charge in [0.2, 0.25) is 0 Å². The Labute approximate surface area is 95.7 Å². The van der Waals surface area contributed by atoms with Crippen LogP contribution in [0, 0.1) is 0 Å². The van der Waals surface area contributed by atoms with Gasteiger partial charge < -0.3 is 10.2 Å². The van der Waals surface area contributed by atoms with E-state index in [-0.39, 0.29) is 5.54 Å². The molecule has 0 saturated carbocycles. The predicted molar refractivity (Wildman–Crippen MR) is 69.3 cm³/mol. The first-order chi connectivity index (χ1) is 6.94. The van der Waals surface area contributed by atoms with Crippen molar-refractivity contribution in [3.05, 3.63) is 11.6 Å². The van der Waals surface area contributed by atoms with E-state index >= 15 is 0 Å². The SMILES string of the molecule is CCC(CC)(C(C=C(C)C)NC)N(C)C. The van der Waals surface area contributed by atoms with Crippen LogP contribution < -0.4 is 5.32 Å². The van der Waals surface area contributed by atoms with Crippen molar-refractivity contribution in [1.29, 1.82) is 0 Å². The standard InChI is InChI=1S/C13H28N2/c1-8-13(9-2,15(6)7)12(14-5)10-11(3)4/h10,12,14H,8-9H2,1-7H3. The average molecular weight is 212 g/mol. The minimum atomic E-state index is 0.228. The third kappa shape index (κ3) is 3.32. The average Bonchev–Trinajstić information content (AvgIpc) is 2.17. The molecule has 15 heavy (non-hydrogen) atoms. The quantitative estimate of drug-likeness (QED) is 0.681. The highest BCUT2D eigenvalue weighted by molar-refractivity contribution is 5.11. The molecule has 0 aromatic rings. The first kappa shape index (κ1) is 14.7. The summed E-state index contributed by atoms with van der Waals surface area (Å²) in [5, 5.41) is 3.44. The maximum Gasteiger partial charge on any atom is 0.0436 e. The van der Waals surface area contributed by atoms with Crippen molar-refractivity contribution in [2.45, 2.75) is 52.1 Å². The van der Waals surface area contributed by atoms with E-state index in [0.717, 1.165) is 12.8 Å². The van der Waals surface area contributed by atoms with Crippen molar-refractivity contribution in [2.24, 2.45) is 0 Å². The number of hydrogen-bond donors (Lipinski definition) is 1. The molecule has 0 saturated heterocycles. The van der Waals surface area contributed by atoms with Gasteiger partial charge in [-0.1, -0.05) is 25.5 Å². The second-order valence-electron chi connectivity index (χ2n) is 4.72. The van der Waals surface area contributed by atoms with E-state index in [2.05, 4.69) is 58.1 Å². The molecule has 90 valence electrons. The van der Waals surface area contributed by atoms with Gasteiger partial charge in [-0.25, -0.2) is 0 Å². The lowest BCUT2D eigenvalue weighted by atomic mass is 9.82. The lowest BCUT2D eigenvalue weighted by Crippen LogP contribution is -2.57. The van der Waals surface area contributed by atoms with Gasteiger partial charge in [-0.05, 0) is 47.8 Å². The summed E-state index contributed by atoms with van der Waals surface area (Å²) >= 11 is 0. The Hall–Kier alpha value is -0.340. The van der Waals surface area contributed by atoms with E-state index < -0.39 is 0 Å². The summed E-state index contributed by atoms with van der Waals surface area (Å²) < 4.78 is 0. The maximum absolute atomic E-state index is 3.44. The largest absolute Gasteiger partial charge is 0.312 e. The first-order valence-electron chi connectivity index (χ1n) is 5.94. The zero-order valence-corrected chi connectivity index (χ0v) is 11.5. The molecule has 0 spiro atoms. The van der Waals surface area contributed by atoms with Crippen molar-refractivity contribution >= 4 is 0 Å². The molecule has 1 N–H and O–H groups in total. The molecule has 2 heteroatoms. The summed E-state index contributed by atoms with van der Waals surface area (Å²) in [6, 6.07) is 0.424. The van der Waals surface area contributed by atoms with Gasteiger partial charge in [-0.3, -0.25) is 0 Å². The van der Waals surface area contributed by atoms with Crippen LogP contribution in [-0.4, -0.2) is 37.6 Å². The van der Waals surface area contributed by atoms with E-state index in [1.807, 2.05) is 7.05 Å². The minimum Gasteiger partial charge on any atom is -0.312 e. The number of likely N-dealkylation sites (N-methyl/N-ethyl adjacent to an activating group) is 2. The van der Waals surface area contributed by atoms with Crippen LogP contribution in [-0.2, 0) is 0 Å². The van der Waals surface area contributed by atoms with Gasteiger partial charge in [0.15, 0.2) is 0 Å². The number of nitrogens with zero attached hydrogens (tertiary/aromatic N) is 1. The van der Waals surface area contributed by atoms with Crippen LogP contribution in [0.3, 0.4) is 0 Å². The first-order valence-corrected chi connectivity index (χ1v) is 5.94. The summed E-state index contributed by atoms with van der Waals surface area (Å²) in [5.74, 6) is 0. The normalized spacial score (nSPS) is 14.1. The molecule has 2 nitrogen and oxygen atoms in total. The fourth-order valence-electron chi connectivity index (χ4n) is 2.44. The smallest absolute Gasteiger partial charge is 0.0436 e. The Morgan fingerprint density at radius 2 is 1.73 bits per heavy atom. The van der Waals surface area contributed by atoms with Crippen molar-refractivity contribution in [3.63, 3.8) is 0 Å². The Balaban J connectivity index is 5.09. The molecule has 0 aliphatic heterocycles. The topological polar surface area (TPSA) is 15.3 Å². The number of rotatable bonds is 6.